The van der Waals surface area contributed by atoms with Crippen molar-refractivity contribution in [3.63, 3.8) is 0 Å². The van der Waals surface area contributed by atoms with E-state index in [0.29, 0.717) is 24.4 Å². The maximum absolute atomic E-state index is 12.2. The van der Waals surface area contributed by atoms with Gasteiger partial charge in [-0.05, 0) is 25.5 Å². The lowest BCUT2D eigenvalue weighted by Gasteiger charge is -2.20. The molecule has 6 heteroatoms. The topological polar surface area (TPSA) is 78.9 Å². The second-order valence-electron chi connectivity index (χ2n) is 5.49. The van der Waals surface area contributed by atoms with Crippen molar-refractivity contribution in [2.75, 3.05) is 25.0 Å². The Morgan fingerprint density at radius 2 is 2.32 bits per heavy atom. The predicted octanol–water partition coefficient (Wildman–Crippen LogP) is 2.03. The van der Waals surface area contributed by atoms with Crippen LogP contribution in [0.3, 0.4) is 0 Å². The number of ether oxygens (including phenoxy) is 1. The first-order chi connectivity index (χ1) is 10.4. The van der Waals surface area contributed by atoms with E-state index >= 15 is 0 Å². The van der Waals surface area contributed by atoms with Crippen LogP contribution in [0.15, 0.2) is 24.3 Å². The van der Waals surface area contributed by atoms with Gasteiger partial charge < -0.3 is 20.1 Å². The number of anilines is 1. The van der Waals surface area contributed by atoms with Crippen LogP contribution in [-0.2, 0) is 4.79 Å². The molecule has 0 saturated carbocycles. The van der Waals surface area contributed by atoms with Crippen LogP contribution >= 0.6 is 0 Å². The molecule has 116 valence electrons. The Labute approximate surface area is 129 Å². The first-order valence-corrected chi connectivity index (χ1v) is 6.90. The third-order valence-corrected chi connectivity index (χ3v) is 3.68. The molecule has 22 heavy (non-hydrogen) atoms. The number of urea groups is 1. The van der Waals surface area contributed by atoms with Crippen LogP contribution in [0.2, 0.25) is 0 Å². The number of benzene rings is 1. The fraction of sp³-hybridized carbons (Fsp3) is 0.375. The van der Waals surface area contributed by atoms with Crippen LogP contribution in [-0.4, -0.2) is 41.7 Å². The van der Waals surface area contributed by atoms with Gasteiger partial charge in [0.05, 0.1) is 5.41 Å². The van der Waals surface area contributed by atoms with E-state index in [4.69, 9.17) is 11.2 Å². The Bertz CT molecular complexity index is 623. The predicted molar refractivity (Wildman–Crippen MR) is 81.7 cm³/mol. The highest BCUT2D eigenvalue weighted by Crippen LogP contribution is 2.30. The molecule has 0 bridgehead atoms. The molecule has 2 amide bonds. The second kappa shape index (κ2) is 6.39. The summed E-state index contributed by atoms with van der Waals surface area (Å²) in [6.45, 7) is 2.42. The number of likely N-dealkylation sites (tertiary alicyclic amines) is 1. The van der Waals surface area contributed by atoms with Gasteiger partial charge in [0.15, 0.2) is 0 Å². The second-order valence-corrected chi connectivity index (χ2v) is 5.49. The lowest BCUT2D eigenvalue weighted by molar-refractivity contribution is -0.146. The van der Waals surface area contributed by atoms with Gasteiger partial charge in [0.25, 0.3) is 0 Å². The van der Waals surface area contributed by atoms with Gasteiger partial charge in [-0.25, -0.2) is 4.79 Å². The normalized spacial score (nSPS) is 20.3. The van der Waals surface area contributed by atoms with E-state index in [0.717, 1.165) is 0 Å². The third-order valence-electron chi connectivity index (χ3n) is 3.68. The van der Waals surface area contributed by atoms with Gasteiger partial charge in [0.2, 0.25) is 0 Å². The zero-order valence-electron chi connectivity index (χ0n) is 12.3. The average molecular weight is 302 g/mol. The van der Waals surface area contributed by atoms with E-state index in [9.17, 15) is 14.7 Å². The Kier molecular flexibility index (Phi) is 4.56. The summed E-state index contributed by atoms with van der Waals surface area (Å²) >= 11 is 0. The zero-order valence-corrected chi connectivity index (χ0v) is 12.3. The largest absolute Gasteiger partial charge is 0.481 e. The monoisotopic (exact) mass is 302 g/mol. The summed E-state index contributed by atoms with van der Waals surface area (Å²) in [5.41, 5.74) is -0.307. The fourth-order valence-electron chi connectivity index (χ4n) is 2.30. The number of nitrogens with zero attached hydrogens (tertiary/aromatic N) is 1. The summed E-state index contributed by atoms with van der Waals surface area (Å²) < 4.78 is 5.29. The molecule has 1 fully saturated rings. The summed E-state index contributed by atoms with van der Waals surface area (Å²) in [6, 6.07) is 6.56. The van der Waals surface area contributed by atoms with E-state index in [2.05, 4.69) is 11.2 Å². The summed E-state index contributed by atoms with van der Waals surface area (Å²) in [5.74, 6) is 2.05. The molecule has 1 heterocycles. The Hall–Kier alpha value is -2.68. The van der Waals surface area contributed by atoms with Crippen molar-refractivity contribution in [1.82, 2.24) is 4.90 Å². The molecular weight excluding hydrogens is 284 g/mol. The number of carbonyl (C=O) groups excluding carboxylic acids is 1. The standard InChI is InChI=1S/C16H18N2O4/c1-3-9-22-13-6-4-5-12(10-13)17-15(21)18-8-7-16(2,11-18)14(19)20/h1,4-6,10H,7-9,11H2,2H3,(H,17,21)(H,19,20). The first-order valence-electron chi connectivity index (χ1n) is 6.90. The molecule has 0 spiro atoms. The number of nitrogens with one attached hydrogen (secondary N) is 1. The number of hydrogen-bond acceptors (Lipinski definition) is 3. The Morgan fingerprint density at radius 3 is 2.95 bits per heavy atom. The van der Waals surface area contributed by atoms with Gasteiger partial charge in [-0.1, -0.05) is 12.0 Å². The molecule has 1 atom stereocenters. The van der Waals surface area contributed by atoms with Crippen LogP contribution in [0.4, 0.5) is 10.5 Å². The molecule has 6 nitrogen and oxygen atoms in total. The minimum Gasteiger partial charge on any atom is -0.481 e. The molecule has 1 saturated heterocycles. The number of carboxylic acids is 1. The molecule has 0 aliphatic carbocycles. The molecule has 0 aromatic heterocycles. The summed E-state index contributed by atoms with van der Waals surface area (Å²) in [5, 5.41) is 11.9. The molecular formula is C16H18N2O4. The SMILES string of the molecule is C#CCOc1cccc(NC(=O)N2CCC(C)(C(=O)O)C2)c1. The molecule has 1 unspecified atom stereocenters. The van der Waals surface area contributed by atoms with Crippen molar-refractivity contribution in [1.29, 1.82) is 0 Å². The van der Waals surface area contributed by atoms with Crippen molar-refractivity contribution >= 4 is 17.7 Å². The third kappa shape index (κ3) is 3.50. The van der Waals surface area contributed by atoms with E-state index < -0.39 is 11.4 Å². The van der Waals surface area contributed by atoms with Crippen LogP contribution in [0.25, 0.3) is 0 Å². The van der Waals surface area contributed by atoms with E-state index in [1.165, 1.54) is 4.90 Å². The number of rotatable bonds is 4. The zero-order chi connectivity index (χ0) is 16.2. The molecule has 1 aliphatic heterocycles. The van der Waals surface area contributed by atoms with Crippen molar-refractivity contribution in [3.05, 3.63) is 24.3 Å². The summed E-state index contributed by atoms with van der Waals surface area (Å²) in [4.78, 5) is 24.9. The number of carbonyl (C=O) groups is 2. The number of amides is 2. The number of carboxylic acid groups (broad SMARTS) is 1. The van der Waals surface area contributed by atoms with Crippen LogP contribution in [0.5, 0.6) is 5.75 Å². The number of aliphatic carboxylic acids is 1. The van der Waals surface area contributed by atoms with Crippen molar-refractivity contribution in [2.24, 2.45) is 5.41 Å². The minimum absolute atomic E-state index is 0.153. The molecule has 2 rings (SSSR count). The Morgan fingerprint density at radius 1 is 1.55 bits per heavy atom. The Balaban J connectivity index is 1.98. The van der Waals surface area contributed by atoms with E-state index in [-0.39, 0.29) is 19.2 Å². The average Bonchev–Trinajstić information content (AvgIpc) is 2.90. The quantitative estimate of drug-likeness (QED) is 0.834. The van der Waals surface area contributed by atoms with Gasteiger partial charge in [0.1, 0.15) is 12.4 Å². The maximum Gasteiger partial charge on any atom is 0.321 e. The van der Waals surface area contributed by atoms with Crippen molar-refractivity contribution in [2.45, 2.75) is 13.3 Å². The highest BCUT2D eigenvalue weighted by Gasteiger charge is 2.42. The van der Waals surface area contributed by atoms with Gasteiger partial charge in [-0.15, -0.1) is 6.42 Å². The van der Waals surface area contributed by atoms with Gasteiger partial charge in [-0.2, -0.15) is 0 Å². The lowest BCUT2D eigenvalue weighted by atomic mass is 9.90. The van der Waals surface area contributed by atoms with E-state index in [1.807, 2.05) is 0 Å². The van der Waals surface area contributed by atoms with Gasteiger partial charge in [-0.3, -0.25) is 4.79 Å². The molecule has 1 aromatic rings. The van der Waals surface area contributed by atoms with Crippen LogP contribution in [0, 0.1) is 17.8 Å². The lowest BCUT2D eigenvalue weighted by Crippen LogP contribution is -2.37. The van der Waals surface area contributed by atoms with Gasteiger partial charge >= 0.3 is 12.0 Å². The van der Waals surface area contributed by atoms with Crippen molar-refractivity contribution in [3.8, 4) is 18.1 Å². The number of hydrogen-bond donors (Lipinski definition) is 2. The van der Waals surface area contributed by atoms with Crippen molar-refractivity contribution < 1.29 is 19.4 Å². The molecule has 0 radical (unpaired) electrons. The molecule has 1 aromatic carbocycles. The highest BCUT2D eigenvalue weighted by atomic mass is 16.5. The smallest absolute Gasteiger partial charge is 0.321 e. The summed E-state index contributed by atoms with van der Waals surface area (Å²) in [7, 11) is 0. The molecule has 1 aliphatic rings. The molecule has 2 N–H and O–H groups in total. The van der Waals surface area contributed by atoms with Gasteiger partial charge in [0, 0.05) is 24.8 Å². The van der Waals surface area contributed by atoms with E-state index in [1.54, 1.807) is 31.2 Å². The fourth-order valence-corrected chi connectivity index (χ4v) is 2.30. The summed E-state index contributed by atoms with van der Waals surface area (Å²) in [6.07, 6.45) is 5.57. The van der Waals surface area contributed by atoms with Crippen LogP contribution < -0.4 is 10.1 Å². The first kappa shape index (κ1) is 15.7. The highest BCUT2D eigenvalue weighted by molar-refractivity contribution is 5.90. The number of terminal acetylenes is 1. The minimum atomic E-state index is -0.882. The van der Waals surface area contributed by atoms with Crippen LogP contribution in [0.1, 0.15) is 13.3 Å². The maximum atomic E-state index is 12.2.